The van der Waals surface area contributed by atoms with Gasteiger partial charge >= 0.3 is 6.18 Å². The maximum Gasteiger partial charge on any atom is 0.416 e. The van der Waals surface area contributed by atoms with Crippen molar-refractivity contribution in [3.8, 4) is 0 Å². The van der Waals surface area contributed by atoms with Gasteiger partial charge in [0.05, 0.1) is 17.7 Å². The summed E-state index contributed by atoms with van der Waals surface area (Å²) in [4.78, 5) is 3.51. The third-order valence-electron chi connectivity index (χ3n) is 4.75. The lowest BCUT2D eigenvalue weighted by Crippen LogP contribution is -2.34. The van der Waals surface area contributed by atoms with E-state index in [-0.39, 0.29) is 11.6 Å². The molecule has 2 aromatic rings. The van der Waals surface area contributed by atoms with Gasteiger partial charge in [-0.25, -0.2) is 4.98 Å². The Morgan fingerprint density at radius 3 is 2.46 bits per heavy atom. The summed E-state index contributed by atoms with van der Waals surface area (Å²) in [6.45, 7) is 0. The second-order valence-electron chi connectivity index (χ2n) is 6.61. The van der Waals surface area contributed by atoms with E-state index >= 15 is 0 Å². The Balaban J connectivity index is 1.92. The Bertz CT molecular complexity index is 744. The van der Waals surface area contributed by atoms with Crippen LogP contribution in [0.4, 0.5) is 17.6 Å². The number of rotatable bonds is 5. The third-order valence-corrected chi connectivity index (χ3v) is 4.75. The lowest BCUT2D eigenvalue weighted by molar-refractivity contribution is -0.137. The SMILES string of the molecule is OC(c1cccc(C(F)(F)F)c1)C(NC1CCCC1)c1ccnc(F)c1. The monoisotopic (exact) mass is 368 g/mol. The largest absolute Gasteiger partial charge is 0.416 e. The van der Waals surface area contributed by atoms with E-state index in [0.717, 1.165) is 37.8 Å². The van der Waals surface area contributed by atoms with Gasteiger partial charge in [-0.2, -0.15) is 17.6 Å². The number of aromatic nitrogens is 1. The first-order chi connectivity index (χ1) is 12.3. The van der Waals surface area contributed by atoms with Crippen molar-refractivity contribution in [3.63, 3.8) is 0 Å². The molecule has 0 bridgehead atoms. The van der Waals surface area contributed by atoms with E-state index < -0.39 is 29.8 Å². The summed E-state index contributed by atoms with van der Waals surface area (Å²) in [6, 6.07) is 6.78. The van der Waals surface area contributed by atoms with Gasteiger partial charge < -0.3 is 10.4 Å². The van der Waals surface area contributed by atoms with Crippen molar-refractivity contribution in [2.75, 3.05) is 0 Å². The van der Waals surface area contributed by atoms with Crippen molar-refractivity contribution < 1.29 is 22.7 Å². The van der Waals surface area contributed by atoms with Crippen molar-refractivity contribution in [3.05, 3.63) is 65.2 Å². The number of benzene rings is 1. The van der Waals surface area contributed by atoms with E-state index in [1.54, 1.807) is 6.07 Å². The molecule has 3 rings (SSSR count). The molecule has 0 amide bonds. The topological polar surface area (TPSA) is 45.1 Å². The van der Waals surface area contributed by atoms with Crippen molar-refractivity contribution >= 4 is 0 Å². The van der Waals surface area contributed by atoms with Crippen LogP contribution in [0.25, 0.3) is 0 Å². The fourth-order valence-corrected chi connectivity index (χ4v) is 3.42. The highest BCUT2D eigenvalue weighted by Crippen LogP contribution is 2.35. The van der Waals surface area contributed by atoms with Crippen LogP contribution in [-0.2, 0) is 6.18 Å². The number of aliphatic hydroxyl groups is 1. The third kappa shape index (κ3) is 4.40. The average molecular weight is 368 g/mol. The molecule has 1 aliphatic carbocycles. The summed E-state index contributed by atoms with van der Waals surface area (Å²) >= 11 is 0. The van der Waals surface area contributed by atoms with Gasteiger partial charge in [-0.3, -0.25) is 0 Å². The summed E-state index contributed by atoms with van der Waals surface area (Å²) in [5.41, 5.74) is -0.239. The molecule has 1 aromatic heterocycles. The van der Waals surface area contributed by atoms with Crippen LogP contribution in [0.3, 0.4) is 0 Å². The van der Waals surface area contributed by atoms with Gasteiger partial charge in [-0.15, -0.1) is 0 Å². The molecule has 140 valence electrons. The lowest BCUT2D eigenvalue weighted by atomic mass is 9.94. The Kier molecular flexibility index (Phi) is 5.58. The first-order valence-electron chi connectivity index (χ1n) is 8.57. The van der Waals surface area contributed by atoms with Crippen LogP contribution in [0.15, 0.2) is 42.6 Å². The molecule has 1 saturated carbocycles. The highest BCUT2D eigenvalue weighted by Gasteiger charge is 2.32. The second kappa shape index (κ2) is 7.72. The number of hydrogen-bond donors (Lipinski definition) is 2. The lowest BCUT2D eigenvalue weighted by Gasteiger charge is -2.28. The zero-order valence-electron chi connectivity index (χ0n) is 14.0. The van der Waals surface area contributed by atoms with Crippen LogP contribution in [0, 0.1) is 5.95 Å². The molecule has 1 heterocycles. The predicted octanol–water partition coefficient (Wildman–Crippen LogP) is 4.55. The predicted molar refractivity (Wildman–Crippen MR) is 88.7 cm³/mol. The zero-order valence-corrected chi connectivity index (χ0v) is 14.0. The molecule has 1 fully saturated rings. The number of pyridine rings is 1. The van der Waals surface area contributed by atoms with E-state index in [1.807, 2.05) is 0 Å². The maximum atomic E-state index is 13.6. The first-order valence-corrected chi connectivity index (χ1v) is 8.57. The standard InChI is InChI=1S/C19H20F4N2O/c20-16-11-12(8-9-24-16)17(25-15-6-1-2-7-15)18(26)13-4-3-5-14(10-13)19(21,22)23/h3-5,8-11,15,17-18,25-26H,1-2,6-7H2. The molecule has 0 saturated heterocycles. The van der Waals surface area contributed by atoms with Gasteiger partial charge in [0, 0.05) is 12.2 Å². The summed E-state index contributed by atoms with van der Waals surface area (Å²) in [5, 5.41) is 14.1. The Morgan fingerprint density at radius 2 is 1.81 bits per heavy atom. The van der Waals surface area contributed by atoms with Gasteiger partial charge in [0.25, 0.3) is 0 Å². The summed E-state index contributed by atoms with van der Waals surface area (Å²) < 4.78 is 52.5. The molecule has 2 atom stereocenters. The number of nitrogens with one attached hydrogen (secondary N) is 1. The Labute approximate surface area is 149 Å². The average Bonchev–Trinajstić information content (AvgIpc) is 3.12. The fraction of sp³-hybridized carbons (Fsp3) is 0.421. The highest BCUT2D eigenvalue weighted by molar-refractivity contribution is 5.30. The normalized spacial score (nSPS) is 18.0. The van der Waals surface area contributed by atoms with Crippen LogP contribution < -0.4 is 5.32 Å². The van der Waals surface area contributed by atoms with E-state index in [1.165, 1.54) is 24.4 Å². The smallest absolute Gasteiger partial charge is 0.386 e. The quantitative estimate of drug-likeness (QED) is 0.601. The van der Waals surface area contributed by atoms with Crippen LogP contribution in [0.2, 0.25) is 0 Å². The summed E-state index contributed by atoms with van der Waals surface area (Å²) in [7, 11) is 0. The van der Waals surface area contributed by atoms with E-state index in [0.29, 0.717) is 5.56 Å². The van der Waals surface area contributed by atoms with E-state index in [2.05, 4.69) is 10.3 Å². The van der Waals surface area contributed by atoms with E-state index in [4.69, 9.17) is 0 Å². The van der Waals surface area contributed by atoms with Gasteiger partial charge in [-0.1, -0.05) is 25.0 Å². The van der Waals surface area contributed by atoms with Crippen molar-refractivity contribution in [2.24, 2.45) is 0 Å². The minimum atomic E-state index is -4.49. The minimum Gasteiger partial charge on any atom is -0.386 e. The van der Waals surface area contributed by atoms with Gasteiger partial charge in [0.15, 0.2) is 0 Å². The second-order valence-corrected chi connectivity index (χ2v) is 6.61. The number of aliphatic hydroxyl groups excluding tert-OH is 1. The number of halogens is 4. The molecule has 1 aromatic carbocycles. The van der Waals surface area contributed by atoms with Gasteiger partial charge in [0.1, 0.15) is 0 Å². The van der Waals surface area contributed by atoms with Crippen LogP contribution in [0.1, 0.15) is 54.5 Å². The Hall–Kier alpha value is -1.99. The van der Waals surface area contributed by atoms with Crippen molar-refractivity contribution in [1.29, 1.82) is 0 Å². The molecule has 1 aliphatic rings. The van der Waals surface area contributed by atoms with Crippen molar-refractivity contribution in [2.45, 2.75) is 50.0 Å². The molecule has 26 heavy (non-hydrogen) atoms. The van der Waals surface area contributed by atoms with Crippen LogP contribution in [-0.4, -0.2) is 16.1 Å². The fourth-order valence-electron chi connectivity index (χ4n) is 3.42. The maximum absolute atomic E-state index is 13.6. The van der Waals surface area contributed by atoms with E-state index in [9.17, 15) is 22.7 Å². The van der Waals surface area contributed by atoms with Crippen LogP contribution >= 0.6 is 0 Å². The van der Waals surface area contributed by atoms with Crippen LogP contribution in [0.5, 0.6) is 0 Å². The first kappa shape index (κ1) is 18.8. The Morgan fingerprint density at radius 1 is 1.08 bits per heavy atom. The number of hydrogen-bond acceptors (Lipinski definition) is 3. The molecule has 0 radical (unpaired) electrons. The minimum absolute atomic E-state index is 0.132. The zero-order chi connectivity index (χ0) is 18.7. The molecule has 2 unspecified atom stereocenters. The molecule has 3 nitrogen and oxygen atoms in total. The molecular formula is C19H20F4N2O. The molecular weight excluding hydrogens is 348 g/mol. The summed E-state index contributed by atoms with van der Waals surface area (Å²) in [6.07, 6.45) is -0.526. The van der Waals surface area contributed by atoms with Crippen molar-refractivity contribution in [1.82, 2.24) is 10.3 Å². The number of nitrogens with zero attached hydrogens (tertiary/aromatic N) is 1. The summed E-state index contributed by atoms with van der Waals surface area (Å²) in [5.74, 6) is -0.697. The molecule has 7 heteroatoms. The number of alkyl halides is 3. The molecule has 2 N–H and O–H groups in total. The van der Waals surface area contributed by atoms with Gasteiger partial charge in [-0.05, 0) is 48.2 Å². The highest BCUT2D eigenvalue weighted by atomic mass is 19.4. The van der Waals surface area contributed by atoms with Gasteiger partial charge in [0.2, 0.25) is 5.95 Å². The molecule has 0 spiro atoms. The molecule has 0 aliphatic heterocycles.